The smallest absolute Gasteiger partial charge is 0.363 e. The quantitative estimate of drug-likeness (QED) is 0.484. The number of urea groups is 1. The van der Waals surface area contributed by atoms with E-state index in [1.54, 1.807) is 17.3 Å². The number of rotatable bonds is 7. The van der Waals surface area contributed by atoms with Crippen LogP contribution in [-0.4, -0.2) is 114 Å². The molecule has 242 valence electrons. The van der Waals surface area contributed by atoms with Crippen molar-refractivity contribution >= 4 is 11.9 Å². The van der Waals surface area contributed by atoms with Crippen LogP contribution in [0.4, 0.5) is 18.0 Å². The van der Waals surface area contributed by atoms with E-state index in [9.17, 15) is 22.8 Å². The number of piperidine rings is 1. The van der Waals surface area contributed by atoms with E-state index in [1.165, 1.54) is 0 Å². The van der Waals surface area contributed by atoms with Crippen molar-refractivity contribution in [3.05, 3.63) is 53.6 Å². The first-order valence-electron chi connectivity index (χ1n) is 15.7. The minimum atomic E-state index is -4.46. The van der Waals surface area contributed by atoms with Crippen LogP contribution in [0.25, 0.3) is 0 Å². The molecular formula is C31H44F3N7O3. The zero-order valence-corrected chi connectivity index (χ0v) is 25.8. The summed E-state index contributed by atoms with van der Waals surface area (Å²) in [4.78, 5) is 38.5. The third-order valence-corrected chi connectivity index (χ3v) is 9.12. The Morgan fingerprint density at radius 3 is 2.61 bits per heavy atom. The fraction of sp³-hybridized carbons (Fsp3) is 0.645. The molecule has 13 heteroatoms. The van der Waals surface area contributed by atoms with Crippen LogP contribution >= 0.6 is 0 Å². The van der Waals surface area contributed by atoms with E-state index in [-0.39, 0.29) is 44.0 Å². The number of likely N-dealkylation sites (tertiary alicyclic amines) is 2. The van der Waals surface area contributed by atoms with E-state index < -0.39 is 24.0 Å². The molecule has 2 N–H and O–H groups in total. The lowest BCUT2D eigenvalue weighted by Gasteiger charge is -2.47. The molecule has 3 amide bonds. The average molecular weight is 620 g/mol. The van der Waals surface area contributed by atoms with E-state index in [0.717, 1.165) is 30.0 Å². The van der Waals surface area contributed by atoms with Gasteiger partial charge in [0.1, 0.15) is 11.7 Å². The molecule has 5 heterocycles. The lowest BCUT2D eigenvalue weighted by molar-refractivity contribution is -0.184. The molecule has 0 bridgehead atoms. The Labute approximate surface area is 257 Å². The number of carbonyl (C=O) groups excluding carboxylic acids is 2. The zero-order valence-electron chi connectivity index (χ0n) is 25.8. The van der Waals surface area contributed by atoms with E-state index in [1.807, 2.05) is 45.2 Å². The van der Waals surface area contributed by atoms with Gasteiger partial charge in [-0.3, -0.25) is 9.78 Å². The van der Waals surface area contributed by atoms with Crippen LogP contribution in [0.15, 0.2) is 48.1 Å². The van der Waals surface area contributed by atoms with Crippen molar-refractivity contribution in [1.29, 1.82) is 0 Å². The number of halogens is 3. The third kappa shape index (κ3) is 6.68. The monoisotopic (exact) mass is 619 g/mol. The van der Waals surface area contributed by atoms with Gasteiger partial charge in [0, 0.05) is 69.4 Å². The van der Waals surface area contributed by atoms with E-state index >= 15 is 0 Å². The number of dihydropyridines is 1. The van der Waals surface area contributed by atoms with E-state index in [0.29, 0.717) is 43.8 Å². The number of nitrogens with one attached hydrogen (secondary N) is 2. The molecule has 0 aliphatic carbocycles. The van der Waals surface area contributed by atoms with Gasteiger partial charge in [0.2, 0.25) is 0 Å². The summed E-state index contributed by atoms with van der Waals surface area (Å²) in [7, 11) is 2.02. The van der Waals surface area contributed by atoms with Gasteiger partial charge in [0.05, 0.1) is 5.70 Å². The second kappa shape index (κ2) is 13.4. The average Bonchev–Trinajstić information content (AvgIpc) is 3.44. The Balaban J connectivity index is 1.42. The van der Waals surface area contributed by atoms with Crippen LogP contribution < -0.4 is 10.6 Å². The van der Waals surface area contributed by atoms with Crippen LogP contribution in [0, 0.1) is 0 Å². The number of hydrogen-bond acceptors (Lipinski definition) is 7. The topological polar surface area (TPSA) is 93.3 Å². The van der Waals surface area contributed by atoms with Crippen LogP contribution in [0.3, 0.4) is 0 Å². The van der Waals surface area contributed by atoms with E-state index in [4.69, 9.17) is 4.74 Å². The van der Waals surface area contributed by atoms with Crippen molar-refractivity contribution in [1.82, 2.24) is 35.2 Å². The molecule has 0 radical (unpaired) electrons. The van der Waals surface area contributed by atoms with Crippen LogP contribution in [-0.2, 0) is 15.3 Å². The number of piperazine rings is 1. The predicted octanol–water partition coefficient (Wildman–Crippen LogP) is 3.40. The largest absolute Gasteiger partial charge is 0.408 e. The molecule has 10 nitrogen and oxygen atoms in total. The summed E-state index contributed by atoms with van der Waals surface area (Å²) in [6.45, 7) is 6.86. The van der Waals surface area contributed by atoms with Crippen molar-refractivity contribution in [3.8, 4) is 0 Å². The molecular weight excluding hydrogens is 575 g/mol. The van der Waals surface area contributed by atoms with Crippen molar-refractivity contribution < 1.29 is 27.5 Å². The number of pyridine rings is 1. The van der Waals surface area contributed by atoms with Crippen molar-refractivity contribution in [2.75, 3.05) is 52.9 Å². The first-order valence-corrected chi connectivity index (χ1v) is 15.7. The number of likely N-dealkylation sites (N-methyl/N-ethyl adjacent to an activating group) is 1. The van der Waals surface area contributed by atoms with Crippen molar-refractivity contribution in [2.24, 2.45) is 0 Å². The maximum absolute atomic E-state index is 14.0. The molecule has 4 aliphatic heterocycles. The third-order valence-electron chi connectivity index (χ3n) is 9.12. The Kier molecular flexibility index (Phi) is 9.74. The van der Waals surface area contributed by atoms with Gasteiger partial charge in [0.15, 0.2) is 5.72 Å². The van der Waals surface area contributed by atoms with E-state index in [2.05, 4.69) is 25.4 Å². The summed E-state index contributed by atoms with van der Waals surface area (Å²) in [5, 5.41) is 6.61. The minimum Gasteiger partial charge on any atom is -0.363 e. The number of amides is 3. The second-order valence-electron chi connectivity index (χ2n) is 12.1. The molecule has 0 saturated carbocycles. The number of hydrogen-bond donors (Lipinski definition) is 2. The number of ether oxygens (including phenoxy) is 1. The van der Waals surface area contributed by atoms with Gasteiger partial charge in [0.25, 0.3) is 5.91 Å². The van der Waals surface area contributed by atoms with Gasteiger partial charge in [-0.25, -0.2) is 4.79 Å². The molecule has 44 heavy (non-hydrogen) atoms. The summed E-state index contributed by atoms with van der Waals surface area (Å²) < 4.78 is 47.6. The number of nitrogens with zero attached hydrogens (tertiary/aromatic N) is 5. The number of alkyl halides is 3. The van der Waals surface area contributed by atoms with Gasteiger partial charge < -0.3 is 35.0 Å². The second-order valence-corrected chi connectivity index (χ2v) is 12.1. The Bertz CT molecular complexity index is 1240. The first kappa shape index (κ1) is 32.1. The highest BCUT2D eigenvalue weighted by Crippen LogP contribution is 2.35. The molecule has 3 saturated heterocycles. The highest BCUT2D eigenvalue weighted by Gasteiger charge is 2.48. The molecule has 0 spiro atoms. The van der Waals surface area contributed by atoms with Crippen LogP contribution in [0.1, 0.15) is 51.5 Å². The first-order chi connectivity index (χ1) is 21.1. The van der Waals surface area contributed by atoms with Gasteiger partial charge in [-0.1, -0.05) is 13.0 Å². The zero-order chi connectivity index (χ0) is 31.5. The van der Waals surface area contributed by atoms with Gasteiger partial charge in [-0.2, -0.15) is 13.2 Å². The molecule has 1 unspecified atom stereocenters. The van der Waals surface area contributed by atoms with Crippen molar-refractivity contribution in [2.45, 2.75) is 76.0 Å². The van der Waals surface area contributed by atoms with Crippen molar-refractivity contribution in [3.63, 3.8) is 0 Å². The summed E-state index contributed by atoms with van der Waals surface area (Å²) in [5.74, 6) is -0.257. The molecule has 1 aromatic rings. The molecule has 0 aromatic carbocycles. The maximum Gasteiger partial charge on any atom is 0.408 e. The summed E-state index contributed by atoms with van der Waals surface area (Å²) in [5.41, 5.74) is 0.640. The van der Waals surface area contributed by atoms with Crippen LogP contribution in [0.5, 0.6) is 0 Å². The predicted molar refractivity (Wildman–Crippen MR) is 159 cm³/mol. The SMILES string of the molecule is CCOC1(c2cccnc2)C=CC(N2CCN(C(=O)N3CCCC[C@H]3C(F)(F)F)C[C@H]2CC)=C(C(=O)N[C@@H]2CCN(C)C2)N1. The standard InChI is InChI=1S/C31H44F3N7O3/c1-4-24-21-39(29(43)41-15-7-6-10-26(41)31(32,33)34)17-18-40(24)25-11-13-30(44-5-2,22-9-8-14-35-19-22)37-27(25)28(42)36-23-12-16-38(3)20-23/h8-9,11,13-14,19,23-24,26,37H,4-7,10,12,15-18,20-21H2,1-3H3,(H,36,42)/t23-,24-,26+,30?/m1/s1. The summed E-state index contributed by atoms with van der Waals surface area (Å²) in [6.07, 6.45) is 5.12. The maximum atomic E-state index is 14.0. The molecule has 4 atom stereocenters. The summed E-state index contributed by atoms with van der Waals surface area (Å²) >= 11 is 0. The minimum absolute atomic E-state index is 0.00333. The Morgan fingerprint density at radius 2 is 1.95 bits per heavy atom. The van der Waals surface area contributed by atoms with Gasteiger partial charge >= 0.3 is 12.2 Å². The molecule has 5 rings (SSSR count). The highest BCUT2D eigenvalue weighted by molar-refractivity contribution is 5.94. The number of aromatic nitrogens is 1. The number of allylic oxidation sites excluding steroid dienone is 1. The highest BCUT2D eigenvalue weighted by atomic mass is 19.4. The van der Waals surface area contributed by atoms with Gasteiger partial charge in [-0.05, 0) is 70.8 Å². The number of carbonyl (C=O) groups is 2. The van der Waals surface area contributed by atoms with Crippen LogP contribution in [0.2, 0.25) is 0 Å². The lowest BCUT2D eigenvalue weighted by atomic mass is 9.97. The Hall–Kier alpha value is -3.32. The lowest BCUT2D eigenvalue weighted by Crippen LogP contribution is -2.61. The fourth-order valence-corrected chi connectivity index (χ4v) is 6.82. The van der Waals surface area contributed by atoms with Gasteiger partial charge in [-0.15, -0.1) is 0 Å². The fourth-order valence-electron chi connectivity index (χ4n) is 6.82. The molecule has 3 fully saturated rings. The molecule has 1 aromatic heterocycles. The normalized spacial score (nSPS) is 28.3. The summed E-state index contributed by atoms with van der Waals surface area (Å²) in [6, 6.07) is 1.18. The molecule has 4 aliphatic rings. The Morgan fingerprint density at radius 1 is 1.14 bits per heavy atom.